The van der Waals surface area contributed by atoms with Gasteiger partial charge >= 0.3 is 6.09 Å². The molecule has 1 heterocycles. The number of carbonyl (C=O) groups excluding carboxylic acids is 1. The van der Waals surface area contributed by atoms with E-state index >= 15 is 0 Å². The van der Waals surface area contributed by atoms with Crippen molar-refractivity contribution in [3.05, 3.63) is 0 Å². The third kappa shape index (κ3) is 3.44. The number of hydrogen-bond acceptors (Lipinski definition) is 2. The summed E-state index contributed by atoms with van der Waals surface area (Å²) in [5.74, 6) is 3.13. The normalized spacial score (nSPS) is 25.3. The second kappa shape index (κ2) is 4.78. The van der Waals surface area contributed by atoms with E-state index in [-0.39, 0.29) is 12.1 Å². The maximum atomic E-state index is 11.9. The summed E-state index contributed by atoms with van der Waals surface area (Å²) >= 11 is 0. The van der Waals surface area contributed by atoms with E-state index in [9.17, 15) is 4.79 Å². The molecule has 1 fully saturated rings. The van der Waals surface area contributed by atoms with Crippen molar-refractivity contribution in [3.63, 3.8) is 0 Å². The van der Waals surface area contributed by atoms with Crippen molar-refractivity contribution in [2.24, 2.45) is 5.92 Å². The largest absolute Gasteiger partial charge is 0.444 e. The van der Waals surface area contributed by atoms with Gasteiger partial charge < -0.3 is 9.64 Å². The zero-order valence-corrected chi connectivity index (χ0v) is 10.6. The Bertz CT molecular complexity index is 298. The third-order valence-corrected chi connectivity index (χ3v) is 2.61. The minimum Gasteiger partial charge on any atom is -0.444 e. The van der Waals surface area contributed by atoms with Crippen LogP contribution in [0.2, 0.25) is 0 Å². The molecule has 0 radical (unpaired) electrons. The topological polar surface area (TPSA) is 29.5 Å². The van der Waals surface area contributed by atoms with E-state index in [4.69, 9.17) is 11.2 Å². The summed E-state index contributed by atoms with van der Waals surface area (Å²) in [6.45, 7) is 8.51. The minimum atomic E-state index is -0.441. The summed E-state index contributed by atoms with van der Waals surface area (Å²) in [6, 6.07) is 0.148. The van der Waals surface area contributed by atoms with Gasteiger partial charge in [0.05, 0.1) is 0 Å². The molecular weight excluding hydrogens is 202 g/mol. The number of likely N-dealkylation sites (tertiary alicyclic amines) is 1. The summed E-state index contributed by atoms with van der Waals surface area (Å²) < 4.78 is 5.36. The van der Waals surface area contributed by atoms with Crippen molar-refractivity contribution in [3.8, 4) is 12.3 Å². The highest BCUT2D eigenvalue weighted by molar-refractivity contribution is 5.69. The highest BCUT2D eigenvalue weighted by atomic mass is 16.6. The van der Waals surface area contributed by atoms with Crippen LogP contribution in [-0.4, -0.2) is 29.2 Å². The van der Waals surface area contributed by atoms with Crippen LogP contribution in [0.25, 0.3) is 0 Å². The highest BCUT2D eigenvalue weighted by Gasteiger charge is 2.34. The molecule has 0 spiro atoms. The molecule has 1 aliphatic rings. The van der Waals surface area contributed by atoms with E-state index < -0.39 is 5.60 Å². The van der Waals surface area contributed by atoms with Crippen molar-refractivity contribution >= 4 is 6.09 Å². The number of hydrogen-bond donors (Lipinski definition) is 0. The maximum absolute atomic E-state index is 11.9. The molecule has 0 N–H and O–H groups in total. The third-order valence-electron chi connectivity index (χ3n) is 2.61. The van der Waals surface area contributed by atoms with Gasteiger partial charge in [-0.2, -0.15) is 0 Å². The molecule has 1 saturated heterocycles. The first-order chi connectivity index (χ1) is 7.33. The number of rotatable bonds is 1. The molecule has 0 saturated carbocycles. The first-order valence-corrected chi connectivity index (χ1v) is 5.76. The quantitative estimate of drug-likeness (QED) is 0.640. The minimum absolute atomic E-state index is 0.148. The summed E-state index contributed by atoms with van der Waals surface area (Å²) in [5, 5.41) is 0. The molecule has 90 valence electrons. The van der Waals surface area contributed by atoms with Crippen LogP contribution in [0.4, 0.5) is 4.79 Å². The molecule has 16 heavy (non-hydrogen) atoms. The van der Waals surface area contributed by atoms with E-state index in [1.54, 1.807) is 4.90 Å². The lowest BCUT2D eigenvalue weighted by Crippen LogP contribution is -2.39. The predicted molar refractivity (Wildman–Crippen MR) is 64.0 cm³/mol. The fourth-order valence-electron chi connectivity index (χ4n) is 2.02. The smallest absolute Gasteiger partial charge is 0.410 e. The fraction of sp³-hybridized carbons (Fsp3) is 0.769. The van der Waals surface area contributed by atoms with Gasteiger partial charge in [-0.15, -0.1) is 12.3 Å². The van der Waals surface area contributed by atoms with Gasteiger partial charge in [-0.05, 0) is 33.1 Å². The molecule has 0 unspecified atom stereocenters. The van der Waals surface area contributed by atoms with Gasteiger partial charge in [0.15, 0.2) is 0 Å². The Morgan fingerprint density at radius 1 is 1.56 bits per heavy atom. The second-order valence-electron chi connectivity index (χ2n) is 5.54. The second-order valence-corrected chi connectivity index (χ2v) is 5.54. The van der Waals surface area contributed by atoms with Crippen molar-refractivity contribution in [2.45, 2.75) is 52.2 Å². The van der Waals surface area contributed by atoms with E-state index in [0.29, 0.717) is 12.3 Å². The standard InChI is InChI=1S/C13H21NO2/c1-6-7-11-8-10(2)9-14(11)12(15)16-13(3,4)5/h1,10-11H,7-9H2,2-5H3/t10-,11+/m1/s1. The van der Waals surface area contributed by atoms with E-state index in [1.807, 2.05) is 20.8 Å². The molecular formula is C13H21NO2. The Morgan fingerprint density at radius 2 is 2.19 bits per heavy atom. The average Bonchev–Trinajstić information content (AvgIpc) is 2.44. The average molecular weight is 223 g/mol. The SMILES string of the molecule is C#CC[C@H]1C[C@@H](C)CN1C(=O)OC(C)(C)C. The lowest BCUT2D eigenvalue weighted by atomic mass is 10.1. The van der Waals surface area contributed by atoms with Crippen LogP contribution in [0.1, 0.15) is 40.5 Å². The summed E-state index contributed by atoms with van der Waals surface area (Å²) in [7, 11) is 0. The monoisotopic (exact) mass is 223 g/mol. The number of amides is 1. The van der Waals surface area contributed by atoms with Crippen LogP contribution < -0.4 is 0 Å². The van der Waals surface area contributed by atoms with Crippen LogP contribution in [0.5, 0.6) is 0 Å². The fourth-order valence-corrected chi connectivity index (χ4v) is 2.02. The van der Waals surface area contributed by atoms with Crippen LogP contribution in [0.3, 0.4) is 0 Å². The Labute approximate surface area is 98.1 Å². The van der Waals surface area contributed by atoms with Crippen molar-refractivity contribution in [2.75, 3.05) is 6.54 Å². The van der Waals surface area contributed by atoms with Gasteiger partial charge in [0.2, 0.25) is 0 Å². The zero-order valence-electron chi connectivity index (χ0n) is 10.6. The molecule has 0 bridgehead atoms. The van der Waals surface area contributed by atoms with Crippen molar-refractivity contribution in [1.29, 1.82) is 0 Å². The predicted octanol–water partition coefficient (Wildman–Crippen LogP) is 2.66. The van der Waals surface area contributed by atoms with Gasteiger partial charge in [-0.25, -0.2) is 4.79 Å². The lowest BCUT2D eigenvalue weighted by molar-refractivity contribution is 0.0225. The Hall–Kier alpha value is -1.17. The molecule has 0 aromatic carbocycles. The number of terminal acetylenes is 1. The van der Waals surface area contributed by atoms with Crippen LogP contribution in [0, 0.1) is 18.3 Å². The van der Waals surface area contributed by atoms with Crippen LogP contribution >= 0.6 is 0 Å². The molecule has 3 heteroatoms. The molecule has 2 atom stereocenters. The molecule has 0 aliphatic carbocycles. The number of nitrogens with zero attached hydrogens (tertiary/aromatic N) is 1. The summed E-state index contributed by atoms with van der Waals surface area (Å²) in [6.07, 6.45) is 6.67. The van der Waals surface area contributed by atoms with E-state index in [0.717, 1.165) is 13.0 Å². The molecule has 1 amide bonds. The van der Waals surface area contributed by atoms with Gasteiger partial charge in [-0.1, -0.05) is 6.92 Å². The first kappa shape index (κ1) is 12.9. The summed E-state index contributed by atoms with van der Waals surface area (Å²) in [4.78, 5) is 13.7. The Morgan fingerprint density at radius 3 is 2.69 bits per heavy atom. The Kier molecular flexibility index (Phi) is 3.85. The first-order valence-electron chi connectivity index (χ1n) is 5.76. The maximum Gasteiger partial charge on any atom is 0.410 e. The van der Waals surface area contributed by atoms with E-state index in [2.05, 4.69) is 12.8 Å². The zero-order chi connectivity index (χ0) is 12.3. The van der Waals surface area contributed by atoms with Gasteiger partial charge in [0.1, 0.15) is 5.60 Å². The number of carbonyl (C=O) groups is 1. The van der Waals surface area contributed by atoms with Gasteiger partial charge in [0.25, 0.3) is 0 Å². The highest BCUT2D eigenvalue weighted by Crippen LogP contribution is 2.26. The molecule has 0 aromatic rings. The molecule has 1 aliphatic heterocycles. The van der Waals surface area contributed by atoms with Gasteiger partial charge in [-0.3, -0.25) is 0 Å². The lowest BCUT2D eigenvalue weighted by Gasteiger charge is -2.27. The van der Waals surface area contributed by atoms with Crippen molar-refractivity contribution < 1.29 is 9.53 Å². The summed E-state index contributed by atoms with van der Waals surface area (Å²) in [5.41, 5.74) is -0.441. The molecule has 3 nitrogen and oxygen atoms in total. The number of ether oxygens (including phenoxy) is 1. The van der Waals surface area contributed by atoms with Gasteiger partial charge in [0, 0.05) is 19.0 Å². The van der Waals surface area contributed by atoms with Crippen LogP contribution in [-0.2, 0) is 4.74 Å². The molecule has 1 rings (SSSR count). The Balaban J connectivity index is 2.64. The van der Waals surface area contributed by atoms with Crippen molar-refractivity contribution in [1.82, 2.24) is 4.90 Å². The van der Waals surface area contributed by atoms with Crippen LogP contribution in [0.15, 0.2) is 0 Å². The molecule has 0 aromatic heterocycles. The van der Waals surface area contributed by atoms with E-state index in [1.165, 1.54) is 0 Å².